The van der Waals surface area contributed by atoms with Crippen LogP contribution in [0.3, 0.4) is 0 Å². The lowest BCUT2D eigenvalue weighted by atomic mass is 9.85. The number of rotatable bonds is 9. The minimum atomic E-state index is 0.217. The predicted octanol–water partition coefficient (Wildman–Crippen LogP) is 6.09. The van der Waals surface area contributed by atoms with Crippen molar-refractivity contribution in [2.24, 2.45) is 5.92 Å². The first kappa shape index (κ1) is 20.4. The van der Waals surface area contributed by atoms with Crippen molar-refractivity contribution in [2.75, 3.05) is 6.26 Å². The van der Waals surface area contributed by atoms with Gasteiger partial charge in [0, 0.05) is 40.9 Å². The summed E-state index contributed by atoms with van der Waals surface area (Å²) in [5, 5.41) is 1.82. The van der Waals surface area contributed by atoms with Crippen LogP contribution >= 0.6 is 34.7 Å². The van der Waals surface area contributed by atoms with Gasteiger partial charge in [0.1, 0.15) is 15.9 Å². The average molecular weight is 397 g/mol. The Labute approximate surface area is 163 Å². The third kappa shape index (κ3) is 5.53. The number of nitrogens with zero attached hydrogens (tertiary/aromatic N) is 2. The number of halogens is 1. The maximum absolute atomic E-state index is 12.4. The summed E-state index contributed by atoms with van der Waals surface area (Å²) < 4.78 is 0. The molecule has 2 rings (SSSR count). The Balaban J connectivity index is 2.13. The maximum Gasteiger partial charge on any atom is 0.144 e. The fourth-order valence-electron chi connectivity index (χ4n) is 2.88. The molecular weight excluding hydrogens is 372 g/mol. The number of carbonyl (C=O) groups is 1. The summed E-state index contributed by atoms with van der Waals surface area (Å²) in [6.45, 7) is 6.41. The number of hydrogen-bond donors (Lipinski definition) is 0. The lowest BCUT2D eigenvalue weighted by Gasteiger charge is -2.21. The summed E-state index contributed by atoms with van der Waals surface area (Å²) in [4.78, 5) is 22.1. The van der Waals surface area contributed by atoms with Gasteiger partial charge in [-0.15, -0.1) is 11.3 Å². The zero-order chi connectivity index (χ0) is 18.4. The van der Waals surface area contributed by atoms with Gasteiger partial charge in [-0.1, -0.05) is 38.8 Å². The highest BCUT2D eigenvalue weighted by Gasteiger charge is 2.25. The van der Waals surface area contributed by atoms with E-state index >= 15 is 0 Å². The smallest absolute Gasteiger partial charge is 0.144 e. The second kappa shape index (κ2) is 9.70. The zero-order valence-corrected chi connectivity index (χ0v) is 17.5. The van der Waals surface area contributed by atoms with Crippen LogP contribution in [0.2, 0.25) is 5.15 Å². The molecule has 3 nitrogen and oxygen atoms in total. The van der Waals surface area contributed by atoms with Crippen LogP contribution < -0.4 is 0 Å². The number of aromatic nitrogens is 2. The molecule has 0 aliphatic rings. The molecule has 0 aliphatic heterocycles. The summed E-state index contributed by atoms with van der Waals surface area (Å²) in [7, 11) is 0. The summed E-state index contributed by atoms with van der Waals surface area (Å²) in [6, 6.07) is 3.88. The van der Waals surface area contributed by atoms with Gasteiger partial charge in [-0.05, 0) is 30.2 Å². The molecule has 0 radical (unpaired) electrons. The van der Waals surface area contributed by atoms with Gasteiger partial charge in [0.15, 0.2) is 0 Å². The number of carbonyl (C=O) groups excluding carboxylic acids is 1. The molecule has 0 bridgehead atoms. The van der Waals surface area contributed by atoms with Gasteiger partial charge in [0.2, 0.25) is 0 Å². The third-order valence-electron chi connectivity index (χ3n) is 4.57. The molecule has 0 aliphatic carbocycles. The first-order chi connectivity index (χ1) is 12.0. The van der Waals surface area contributed by atoms with E-state index in [2.05, 4.69) is 37.0 Å². The monoisotopic (exact) mass is 396 g/mol. The summed E-state index contributed by atoms with van der Waals surface area (Å²) in [5.41, 5.74) is 0.978. The second-order valence-electron chi connectivity index (χ2n) is 6.37. The first-order valence-electron chi connectivity index (χ1n) is 8.57. The molecule has 2 heterocycles. The van der Waals surface area contributed by atoms with E-state index in [0.29, 0.717) is 34.9 Å². The molecule has 3 atom stereocenters. The molecule has 2 aromatic rings. The van der Waals surface area contributed by atoms with Crippen LogP contribution in [0.15, 0.2) is 24.5 Å². The van der Waals surface area contributed by atoms with Gasteiger partial charge in [-0.2, -0.15) is 11.8 Å². The van der Waals surface area contributed by atoms with Crippen molar-refractivity contribution in [3.05, 3.63) is 34.6 Å². The quantitative estimate of drug-likeness (QED) is 0.514. The normalized spacial score (nSPS) is 14.9. The SMILES string of the molecule is CCC(CC(=O)CC(C)SC)C(C)c1sc(-c2cccnc2)nc1Cl. The molecule has 0 fully saturated rings. The number of hydrogen-bond acceptors (Lipinski definition) is 5. The van der Waals surface area contributed by atoms with E-state index in [1.54, 1.807) is 35.5 Å². The molecule has 6 heteroatoms. The van der Waals surface area contributed by atoms with E-state index in [9.17, 15) is 4.79 Å². The van der Waals surface area contributed by atoms with Crippen LogP contribution in [-0.4, -0.2) is 27.3 Å². The Morgan fingerprint density at radius 1 is 1.36 bits per heavy atom. The van der Waals surface area contributed by atoms with Gasteiger partial charge < -0.3 is 0 Å². The van der Waals surface area contributed by atoms with Gasteiger partial charge in [0.25, 0.3) is 0 Å². The highest BCUT2D eigenvalue weighted by Crippen LogP contribution is 2.40. The van der Waals surface area contributed by atoms with Gasteiger partial charge in [-0.3, -0.25) is 9.78 Å². The summed E-state index contributed by atoms with van der Waals surface area (Å²) >= 11 is 9.78. The van der Waals surface area contributed by atoms with E-state index in [0.717, 1.165) is 21.9 Å². The first-order valence-corrected chi connectivity index (χ1v) is 11.1. The Hall–Kier alpha value is -0.910. The van der Waals surface area contributed by atoms with Gasteiger partial charge in [-0.25, -0.2) is 4.98 Å². The molecular formula is C19H25ClN2OS2. The second-order valence-corrected chi connectivity index (χ2v) is 9.03. The fourth-order valence-corrected chi connectivity index (χ4v) is 4.74. The van der Waals surface area contributed by atoms with Crippen molar-refractivity contribution >= 4 is 40.5 Å². The van der Waals surface area contributed by atoms with Crippen LogP contribution in [0.4, 0.5) is 0 Å². The number of pyridine rings is 1. The lowest BCUT2D eigenvalue weighted by Crippen LogP contribution is -2.16. The molecule has 0 saturated heterocycles. The van der Waals surface area contributed by atoms with Gasteiger partial charge in [0.05, 0.1) is 0 Å². The molecule has 0 amide bonds. The molecule has 2 aromatic heterocycles. The van der Waals surface area contributed by atoms with E-state index < -0.39 is 0 Å². The molecule has 136 valence electrons. The zero-order valence-electron chi connectivity index (χ0n) is 15.2. The topological polar surface area (TPSA) is 42.9 Å². The van der Waals surface area contributed by atoms with E-state index in [-0.39, 0.29) is 5.92 Å². The minimum absolute atomic E-state index is 0.217. The Morgan fingerprint density at radius 2 is 2.12 bits per heavy atom. The molecule has 3 unspecified atom stereocenters. The fraction of sp³-hybridized carbons (Fsp3) is 0.526. The van der Waals surface area contributed by atoms with Crippen LogP contribution in [0.25, 0.3) is 10.6 Å². The van der Waals surface area contributed by atoms with Crippen LogP contribution in [0, 0.1) is 5.92 Å². The van der Waals surface area contributed by atoms with Crippen LogP contribution in [0.5, 0.6) is 0 Å². The molecule has 0 aromatic carbocycles. The highest BCUT2D eigenvalue weighted by atomic mass is 35.5. The lowest BCUT2D eigenvalue weighted by molar-refractivity contribution is -0.120. The largest absolute Gasteiger partial charge is 0.300 e. The summed E-state index contributed by atoms with van der Waals surface area (Å²) in [5.74, 6) is 0.851. The van der Waals surface area contributed by atoms with Crippen molar-refractivity contribution in [3.8, 4) is 10.6 Å². The maximum atomic E-state index is 12.4. The number of thiazole rings is 1. The molecule has 0 spiro atoms. The van der Waals surface area contributed by atoms with Crippen LogP contribution in [-0.2, 0) is 4.79 Å². The highest BCUT2D eigenvalue weighted by molar-refractivity contribution is 7.99. The molecule has 0 saturated carbocycles. The van der Waals surface area contributed by atoms with Crippen molar-refractivity contribution in [3.63, 3.8) is 0 Å². The third-order valence-corrected chi connectivity index (χ3v) is 7.25. The minimum Gasteiger partial charge on any atom is -0.300 e. The number of thioether (sulfide) groups is 1. The van der Waals surface area contributed by atoms with Crippen LogP contribution in [0.1, 0.15) is 50.8 Å². The molecule has 25 heavy (non-hydrogen) atoms. The Bertz CT molecular complexity index is 690. The van der Waals surface area contributed by atoms with Crippen molar-refractivity contribution in [2.45, 2.75) is 51.2 Å². The summed E-state index contributed by atoms with van der Waals surface area (Å²) in [6.07, 6.45) is 7.80. The molecule has 0 N–H and O–H groups in total. The number of Topliss-reactive ketones (excluding diaryl/α,β-unsaturated/α-hetero) is 1. The van der Waals surface area contributed by atoms with Crippen molar-refractivity contribution in [1.29, 1.82) is 0 Å². The average Bonchev–Trinajstić information content (AvgIpc) is 3.01. The van der Waals surface area contributed by atoms with E-state index in [1.165, 1.54) is 0 Å². The number of ketones is 1. The standard InChI is InChI=1S/C19H25ClN2OS2/c1-5-14(10-16(23)9-12(2)24-4)13(3)17-18(20)22-19(25-17)15-7-6-8-21-11-15/h6-8,11-14H,5,9-10H2,1-4H3. The van der Waals surface area contributed by atoms with E-state index in [4.69, 9.17) is 11.6 Å². The van der Waals surface area contributed by atoms with Crippen molar-refractivity contribution in [1.82, 2.24) is 9.97 Å². The predicted molar refractivity (Wildman–Crippen MR) is 110 cm³/mol. The Kier molecular flexibility index (Phi) is 7.91. The Morgan fingerprint density at radius 3 is 2.72 bits per heavy atom. The van der Waals surface area contributed by atoms with Gasteiger partial charge >= 0.3 is 0 Å². The van der Waals surface area contributed by atoms with E-state index in [1.807, 2.05) is 12.1 Å². The van der Waals surface area contributed by atoms with Crippen molar-refractivity contribution < 1.29 is 4.79 Å².